The summed E-state index contributed by atoms with van der Waals surface area (Å²) in [5.74, 6) is 2.87. The third-order valence-corrected chi connectivity index (χ3v) is 5.42. The fraction of sp³-hybridized carbons (Fsp3) is 0.737. The molecule has 1 saturated carbocycles. The molecule has 2 fully saturated rings. The predicted octanol–water partition coefficient (Wildman–Crippen LogP) is 2.53. The highest BCUT2D eigenvalue weighted by molar-refractivity contribution is 5.80. The van der Waals surface area contributed by atoms with Crippen LogP contribution in [0.15, 0.2) is 23.5 Å². The average Bonchev–Trinajstić information content (AvgIpc) is 3.19. The van der Waals surface area contributed by atoms with Gasteiger partial charge in [-0.05, 0) is 18.4 Å². The van der Waals surface area contributed by atoms with Crippen molar-refractivity contribution in [2.24, 2.45) is 10.9 Å². The van der Waals surface area contributed by atoms with E-state index in [1.54, 1.807) is 12.4 Å². The summed E-state index contributed by atoms with van der Waals surface area (Å²) in [6, 6.07) is 1.86. The lowest BCUT2D eigenvalue weighted by atomic mass is 10.0. The van der Waals surface area contributed by atoms with E-state index >= 15 is 0 Å². The Labute approximate surface area is 151 Å². The van der Waals surface area contributed by atoms with Crippen LogP contribution in [0.25, 0.3) is 0 Å². The monoisotopic (exact) mass is 344 g/mol. The number of unbranched alkanes of at least 4 members (excludes halogenated alkanes) is 1. The molecule has 3 rings (SSSR count). The molecule has 1 aromatic heterocycles. The minimum Gasteiger partial charge on any atom is -0.356 e. The normalized spacial score (nSPS) is 19.5. The van der Waals surface area contributed by atoms with Gasteiger partial charge in [0.1, 0.15) is 0 Å². The van der Waals surface area contributed by atoms with Crippen molar-refractivity contribution in [1.29, 1.82) is 0 Å². The maximum Gasteiger partial charge on any atom is 0.225 e. The highest BCUT2D eigenvalue weighted by atomic mass is 15.4. The Morgan fingerprint density at radius 3 is 2.52 bits per heavy atom. The summed E-state index contributed by atoms with van der Waals surface area (Å²) in [5, 5.41) is 3.55. The zero-order valence-corrected chi connectivity index (χ0v) is 15.5. The molecule has 0 atom stereocenters. The number of nitrogens with zero attached hydrogens (tertiary/aromatic N) is 5. The lowest BCUT2D eigenvalue weighted by Gasteiger charge is -2.36. The largest absolute Gasteiger partial charge is 0.356 e. The molecule has 138 valence electrons. The van der Waals surface area contributed by atoms with Gasteiger partial charge in [0.15, 0.2) is 5.96 Å². The number of aromatic nitrogens is 2. The summed E-state index contributed by atoms with van der Waals surface area (Å²) < 4.78 is 0. The summed E-state index contributed by atoms with van der Waals surface area (Å²) in [6.45, 7) is 4.82. The van der Waals surface area contributed by atoms with E-state index in [0.29, 0.717) is 0 Å². The Kier molecular flexibility index (Phi) is 6.89. The van der Waals surface area contributed by atoms with Crippen molar-refractivity contribution >= 4 is 11.9 Å². The molecule has 0 bridgehead atoms. The molecule has 1 aromatic rings. The van der Waals surface area contributed by atoms with E-state index in [0.717, 1.165) is 50.5 Å². The van der Waals surface area contributed by atoms with Gasteiger partial charge in [-0.3, -0.25) is 4.99 Å². The van der Waals surface area contributed by atoms with Crippen molar-refractivity contribution in [1.82, 2.24) is 20.2 Å². The van der Waals surface area contributed by atoms with Crippen LogP contribution in [0.4, 0.5) is 5.95 Å². The number of hydrogen-bond acceptors (Lipinski definition) is 4. The van der Waals surface area contributed by atoms with E-state index in [-0.39, 0.29) is 0 Å². The Bertz CT molecular complexity index is 518. The number of nitrogens with one attached hydrogen (secondary N) is 1. The molecule has 0 amide bonds. The second-order valence-electron chi connectivity index (χ2n) is 7.14. The molecule has 0 radical (unpaired) electrons. The number of hydrogen-bond donors (Lipinski definition) is 1. The van der Waals surface area contributed by atoms with Crippen LogP contribution in [0, 0.1) is 5.92 Å². The maximum absolute atomic E-state index is 4.47. The quantitative estimate of drug-likeness (QED) is 0.488. The molecule has 25 heavy (non-hydrogen) atoms. The molecule has 2 heterocycles. The molecule has 0 unspecified atom stereocenters. The van der Waals surface area contributed by atoms with E-state index in [9.17, 15) is 0 Å². The molecule has 0 spiro atoms. The Morgan fingerprint density at radius 2 is 1.84 bits per heavy atom. The first-order chi connectivity index (χ1) is 12.4. The zero-order chi connectivity index (χ0) is 17.3. The first-order valence-corrected chi connectivity index (χ1v) is 9.84. The first-order valence-electron chi connectivity index (χ1n) is 9.84. The minimum absolute atomic E-state index is 0.831. The average molecular weight is 345 g/mol. The van der Waals surface area contributed by atoms with Crippen molar-refractivity contribution in [2.45, 2.75) is 44.9 Å². The van der Waals surface area contributed by atoms with Gasteiger partial charge >= 0.3 is 0 Å². The van der Waals surface area contributed by atoms with Gasteiger partial charge in [0.05, 0.1) is 0 Å². The lowest BCUT2D eigenvalue weighted by Crippen LogP contribution is -2.53. The molecule has 1 aliphatic carbocycles. The molecule has 2 aliphatic rings. The third-order valence-electron chi connectivity index (χ3n) is 5.42. The number of aliphatic imine (C=N–C) groups is 1. The van der Waals surface area contributed by atoms with Crippen LogP contribution in [0.2, 0.25) is 0 Å². The van der Waals surface area contributed by atoms with E-state index in [2.05, 4.69) is 30.1 Å². The molecule has 1 N–H and O–H groups in total. The smallest absolute Gasteiger partial charge is 0.225 e. The van der Waals surface area contributed by atoms with Crippen LogP contribution in [0.1, 0.15) is 44.9 Å². The Balaban J connectivity index is 1.34. The third kappa shape index (κ3) is 5.31. The predicted molar refractivity (Wildman–Crippen MR) is 103 cm³/mol. The standard InChI is InChI=1S/C19H32N6/c1-20-18(21-10-5-4-9-17-7-2-3-8-17)24-13-15-25(16-14-24)19-22-11-6-12-23-19/h6,11-12,17H,2-5,7-10,13-16H2,1H3,(H,20,21). The number of guanidine groups is 1. The Morgan fingerprint density at radius 1 is 1.12 bits per heavy atom. The van der Waals surface area contributed by atoms with Gasteiger partial charge in [-0.25, -0.2) is 9.97 Å². The van der Waals surface area contributed by atoms with Crippen LogP contribution >= 0.6 is 0 Å². The van der Waals surface area contributed by atoms with Gasteiger partial charge in [-0.1, -0.05) is 38.5 Å². The first kappa shape index (κ1) is 18.0. The van der Waals surface area contributed by atoms with Gasteiger partial charge in [-0.2, -0.15) is 0 Å². The van der Waals surface area contributed by atoms with Gasteiger partial charge in [0, 0.05) is 52.2 Å². The SMILES string of the molecule is CN=C(NCCCCC1CCCC1)N1CCN(c2ncccn2)CC1. The van der Waals surface area contributed by atoms with Gasteiger partial charge in [0.2, 0.25) is 5.95 Å². The Hall–Kier alpha value is -1.85. The fourth-order valence-corrected chi connectivity index (χ4v) is 3.96. The summed E-state index contributed by atoms with van der Waals surface area (Å²) in [6.07, 6.45) is 13.4. The highest BCUT2D eigenvalue weighted by Gasteiger charge is 2.21. The van der Waals surface area contributed by atoms with Crippen molar-refractivity contribution in [3.05, 3.63) is 18.5 Å². The van der Waals surface area contributed by atoms with E-state index in [4.69, 9.17) is 0 Å². The summed E-state index contributed by atoms with van der Waals surface area (Å²) in [5.41, 5.74) is 0. The van der Waals surface area contributed by atoms with Crippen molar-refractivity contribution in [3.63, 3.8) is 0 Å². The number of anilines is 1. The van der Waals surface area contributed by atoms with Gasteiger partial charge in [0.25, 0.3) is 0 Å². The summed E-state index contributed by atoms with van der Waals surface area (Å²) in [4.78, 5) is 17.7. The maximum atomic E-state index is 4.47. The fourth-order valence-electron chi connectivity index (χ4n) is 3.96. The zero-order valence-electron chi connectivity index (χ0n) is 15.5. The van der Waals surface area contributed by atoms with Crippen molar-refractivity contribution in [2.75, 3.05) is 44.7 Å². The molecular formula is C19H32N6. The number of rotatable bonds is 6. The van der Waals surface area contributed by atoms with Crippen molar-refractivity contribution < 1.29 is 0 Å². The van der Waals surface area contributed by atoms with Crippen LogP contribution < -0.4 is 10.2 Å². The van der Waals surface area contributed by atoms with Gasteiger partial charge in [-0.15, -0.1) is 0 Å². The van der Waals surface area contributed by atoms with Crippen LogP contribution in [0.5, 0.6) is 0 Å². The topological polar surface area (TPSA) is 56.7 Å². The van der Waals surface area contributed by atoms with Crippen LogP contribution in [-0.4, -0.2) is 60.6 Å². The van der Waals surface area contributed by atoms with E-state index < -0.39 is 0 Å². The van der Waals surface area contributed by atoms with Gasteiger partial charge < -0.3 is 15.1 Å². The van der Waals surface area contributed by atoms with E-state index in [1.807, 2.05) is 13.1 Å². The number of piperazine rings is 1. The highest BCUT2D eigenvalue weighted by Crippen LogP contribution is 2.28. The molecule has 6 nitrogen and oxygen atoms in total. The summed E-state index contributed by atoms with van der Waals surface area (Å²) >= 11 is 0. The molecule has 6 heteroatoms. The second kappa shape index (κ2) is 9.59. The molecular weight excluding hydrogens is 312 g/mol. The lowest BCUT2D eigenvalue weighted by molar-refractivity contribution is 0.369. The molecule has 1 aliphatic heterocycles. The second-order valence-corrected chi connectivity index (χ2v) is 7.14. The minimum atomic E-state index is 0.831. The molecule has 1 saturated heterocycles. The van der Waals surface area contributed by atoms with Crippen LogP contribution in [-0.2, 0) is 0 Å². The van der Waals surface area contributed by atoms with E-state index in [1.165, 1.54) is 44.9 Å². The molecule has 0 aromatic carbocycles. The van der Waals surface area contributed by atoms with Crippen molar-refractivity contribution in [3.8, 4) is 0 Å². The van der Waals surface area contributed by atoms with Crippen LogP contribution in [0.3, 0.4) is 0 Å². The summed E-state index contributed by atoms with van der Waals surface area (Å²) in [7, 11) is 1.88.